The molecule has 170 valence electrons. The second-order valence-corrected chi connectivity index (χ2v) is 9.19. The Bertz CT molecular complexity index is 769. The van der Waals surface area contributed by atoms with Gasteiger partial charge in [0.1, 0.15) is 5.82 Å². The third-order valence-corrected chi connectivity index (χ3v) is 6.91. The van der Waals surface area contributed by atoms with E-state index >= 15 is 0 Å². The maximum atomic E-state index is 5.04. The third kappa shape index (κ3) is 7.05. The standard InChI is InChI=1S/C23H34N6S.HI/c1-2-24-23(29-15-13-28(14-16-29)22-7-3-4-10-25-22)26-18-20-8-11-27(12-9-20)19-21-6-5-17-30-21;/h3-7,10,17,20H,2,8-9,11-16,18-19H2,1H3,(H,24,26);1H. The molecule has 0 aliphatic carbocycles. The molecule has 6 nitrogen and oxygen atoms in total. The molecule has 2 aliphatic heterocycles. The van der Waals surface area contributed by atoms with Crippen LogP contribution in [0.25, 0.3) is 0 Å². The van der Waals surface area contributed by atoms with Crippen LogP contribution in [0.3, 0.4) is 0 Å². The number of nitrogens with one attached hydrogen (secondary N) is 1. The lowest BCUT2D eigenvalue weighted by atomic mass is 9.97. The van der Waals surface area contributed by atoms with Crippen molar-refractivity contribution in [2.45, 2.75) is 26.3 Å². The number of thiophene rings is 1. The minimum absolute atomic E-state index is 0. The first kappa shape index (κ1) is 24.3. The first-order chi connectivity index (χ1) is 14.8. The molecule has 2 saturated heterocycles. The fraction of sp³-hybridized carbons (Fsp3) is 0.565. The van der Waals surface area contributed by atoms with E-state index in [4.69, 9.17) is 4.99 Å². The Hall–Kier alpha value is -1.39. The van der Waals surface area contributed by atoms with E-state index in [1.165, 1.54) is 30.8 Å². The van der Waals surface area contributed by atoms with Gasteiger partial charge in [0.15, 0.2) is 5.96 Å². The summed E-state index contributed by atoms with van der Waals surface area (Å²) in [7, 11) is 0. The predicted octanol–water partition coefficient (Wildman–Crippen LogP) is 3.76. The van der Waals surface area contributed by atoms with Crippen molar-refractivity contribution in [3.05, 3.63) is 46.8 Å². The number of halogens is 1. The van der Waals surface area contributed by atoms with Gasteiger partial charge in [-0.2, -0.15) is 0 Å². The molecule has 0 atom stereocenters. The lowest BCUT2D eigenvalue weighted by Crippen LogP contribution is -2.53. The van der Waals surface area contributed by atoms with Crippen molar-refractivity contribution < 1.29 is 0 Å². The number of piperazine rings is 1. The van der Waals surface area contributed by atoms with E-state index in [0.717, 1.165) is 57.6 Å². The van der Waals surface area contributed by atoms with Crippen molar-refractivity contribution in [1.29, 1.82) is 0 Å². The molecule has 4 heterocycles. The van der Waals surface area contributed by atoms with Crippen LogP contribution in [0.15, 0.2) is 46.9 Å². The molecule has 0 spiro atoms. The van der Waals surface area contributed by atoms with Crippen LogP contribution in [-0.4, -0.2) is 73.1 Å². The number of aliphatic imine (C=N–C) groups is 1. The first-order valence-corrected chi connectivity index (χ1v) is 12.1. The van der Waals surface area contributed by atoms with Crippen LogP contribution in [0.5, 0.6) is 0 Å². The molecule has 0 aromatic carbocycles. The zero-order valence-electron chi connectivity index (χ0n) is 18.4. The highest BCUT2D eigenvalue weighted by Gasteiger charge is 2.22. The van der Waals surface area contributed by atoms with Crippen LogP contribution < -0.4 is 10.2 Å². The number of hydrogen-bond donors (Lipinski definition) is 1. The van der Waals surface area contributed by atoms with E-state index in [1.807, 2.05) is 23.6 Å². The molecule has 0 unspecified atom stereocenters. The van der Waals surface area contributed by atoms with E-state index < -0.39 is 0 Å². The number of likely N-dealkylation sites (tertiary alicyclic amines) is 1. The number of aromatic nitrogens is 1. The Labute approximate surface area is 207 Å². The zero-order chi connectivity index (χ0) is 20.6. The largest absolute Gasteiger partial charge is 0.357 e. The molecule has 0 amide bonds. The van der Waals surface area contributed by atoms with Gasteiger partial charge in [-0.05, 0) is 62.4 Å². The molecule has 4 rings (SSSR count). The van der Waals surface area contributed by atoms with Gasteiger partial charge in [-0.3, -0.25) is 9.89 Å². The number of nitrogens with zero attached hydrogens (tertiary/aromatic N) is 5. The van der Waals surface area contributed by atoms with E-state index in [9.17, 15) is 0 Å². The Morgan fingerprint density at radius 2 is 1.90 bits per heavy atom. The second-order valence-electron chi connectivity index (χ2n) is 8.16. The summed E-state index contributed by atoms with van der Waals surface area (Å²) in [5.41, 5.74) is 0. The Morgan fingerprint density at radius 1 is 1.10 bits per heavy atom. The quantitative estimate of drug-likeness (QED) is 0.335. The molecule has 2 aromatic heterocycles. The molecule has 0 saturated carbocycles. The Balaban J connectivity index is 0.00000272. The summed E-state index contributed by atoms with van der Waals surface area (Å²) < 4.78 is 0. The Kier molecular flexibility index (Phi) is 9.86. The summed E-state index contributed by atoms with van der Waals surface area (Å²) in [6.45, 7) is 11.5. The Morgan fingerprint density at radius 3 is 2.55 bits per heavy atom. The smallest absolute Gasteiger partial charge is 0.194 e. The van der Waals surface area contributed by atoms with Crippen molar-refractivity contribution in [2.75, 3.05) is 57.3 Å². The van der Waals surface area contributed by atoms with Crippen LogP contribution in [0.4, 0.5) is 5.82 Å². The van der Waals surface area contributed by atoms with Crippen LogP contribution in [0, 0.1) is 5.92 Å². The van der Waals surface area contributed by atoms with Crippen LogP contribution in [0.1, 0.15) is 24.6 Å². The molecular formula is C23H35IN6S. The predicted molar refractivity (Wildman–Crippen MR) is 142 cm³/mol. The molecule has 0 bridgehead atoms. The fourth-order valence-electron chi connectivity index (χ4n) is 4.28. The van der Waals surface area contributed by atoms with E-state index in [2.05, 4.69) is 61.6 Å². The minimum Gasteiger partial charge on any atom is -0.357 e. The minimum atomic E-state index is 0. The van der Waals surface area contributed by atoms with Crippen molar-refractivity contribution in [2.24, 2.45) is 10.9 Å². The van der Waals surface area contributed by atoms with Crippen molar-refractivity contribution in [1.82, 2.24) is 20.1 Å². The van der Waals surface area contributed by atoms with Gasteiger partial charge in [0.2, 0.25) is 0 Å². The van der Waals surface area contributed by atoms with Gasteiger partial charge in [0.25, 0.3) is 0 Å². The highest BCUT2D eigenvalue weighted by molar-refractivity contribution is 14.0. The number of anilines is 1. The lowest BCUT2D eigenvalue weighted by molar-refractivity contribution is 0.181. The molecule has 2 fully saturated rings. The summed E-state index contributed by atoms with van der Waals surface area (Å²) in [5.74, 6) is 2.86. The van der Waals surface area contributed by atoms with Crippen LogP contribution in [-0.2, 0) is 6.54 Å². The maximum Gasteiger partial charge on any atom is 0.194 e. The molecule has 8 heteroatoms. The summed E-state index contributed by atoms with van der Waals surface area (Å²) in [4.78, 5) is 18.4. The van der Waals surface area contributed by atoms with Gasteiger partial charge in [0.05, 0.1) is 0 Å². The highest BCUT2D eigenvalue weighted by Crippen LogP contribution is 2.21. The first-order valence-electron chi connectivity index (χ1n) is 11.3. The second kappa shape index (κ2) is 12.6. The van der Waals surface area contributed by atoms with Gasteiger partial charge in [0, 0.05) is 56.9 Å². The SMILES string of the molecule is CCNC(=NCC1CCN(Cc2cccs2)CC1)N1CCN(c2ccccn2)CC1.I. The number of piperidine rings is 1. The van der Waals surface area contributed by atoms with Gasteiger partial charge >= 0.3 is 0 Å². The summed E-state index contributed by atoms with van der Waals surface area (Å²) in [6, 6.07) is 10.5. The van der Waals surface area contributed by atoms with Crippen LogP contribution in [0.2, 0.25) is 0 Å². The van der Waals surface area contributed by atoms with Gasteiger partial charge in [-0.25, -0.2) is 4.98 Å². The summed E-state index contributed by atoms with van der Waals surface area (Å²) in [6.07, 6.45) is 4.38. The monoisotopic (exact) mass is 554 g/mol. The molecule has 2 aromatic rings. The molecule has 31 heavy (non-hydrogen) atoms. The normalized spacial score (nSPS) is 18.7. The topological polar surface area (TPSA) is 47.0 Å². The molecular weight excluding hydrogens is 519 g/mol. The number of hydrogen-bond acceptors (Lipinski definition) is 5. The number of rotatable bonds is 6. The summed E-state index contributed by atoms with van der Waals surface area (Å²) >= 11 is 1.87. The van der Waals surface area contributed by atoms with E-state index in [1.54, 1.807) is 0 Å². The lowest BCUT2D eigenvalue weighted by Gasteiger charge is -2.37. The molecule has 1 N–H and O–H groups in total. The average Bonchev–Trinajstić information content (AvgIpc) is 3.31. The number of guanidine groups is 1. The van der Waals surface area contributed by atoms with Gasteiger partial charge < -0.3 is 15.1 Å². The van der Waals surface area contributed by atoms with Gasteiger partial charge in [-0.15, -0.1) is 35.3 Å². The third-order valence-electron chi connectivity index (χ3n) is 6.05. The number of pyridine rings is 1. The van der Waals surface area contributed by atoms with Crippen molar-refractivity contribution >= 4 is 47.1 Å². The van der Waals surface area contributed by atoms with Gasteiger partial charge in [-0.1, -0.05) is 12.1 Å². The van der Waals surface area contributed by atoms with E-state index in [0.29, 0.717) is 5.92 Å². The highest BCUT2D eigenvalue weighted by atomic mass is 127. The fourth-order valence-corrected chi connectivity index (χ4v) is 5.03. The average molecular weight is 555 g/mol. The maximum absolute atomic E-state index is 5.04. The van der Waals surface area contributed by atoms with E-state index in [-0.39, 0.29) is 24.0 Å². The molecule has 2 aliphatic rings. The van der Waals surface area contributed by atoms with Crippen molar-refractivity contribution in [3.8, 4) is 0 Å². The van der Waals surface area contributed by atoms with Crippen molar-refractivity contribution in [3.63, 3.8) is 0 Å². The van der Waals surface area contributed by atoms with Crippen LogP contribution >= 0.6 is 35.3 Å². The zero-order valence-corrected chi connectivity index (χ0v) is 21.6. The summed E-state index contributed by atoms with van der Waals surface area (Å²) in [5, 5.41) is 5.69. The molecule has 0 radical (unpaired) electrons.